The molecule has 20 heavy (non-hydrogen) atoms. The van der Waals surface area contributed by atoms with Gasteiger partial charge in [-0.1, -0.05) is 6.42 Å². The maximum absolute atomic E-state index is 4.45. The Balaban J connectivity index is 1.65. The van der Waals surface area contributed by atoms with Gasteiger partial charge in [0.25, 0.3) is 0 Å². The molecule has 1 saturated heterocycles. The lowest BCUT2D eigenvalue weighted by molar-refractivity contribution is 0.237. The predicted octanol–water partition coefficient (Wildman–Crippen LogP) is 1.29. The number of hydrogen-bond donors (Lipinski definition) is 3. The lowest BCUT2D eigenvalue weighted by Crippen LogP contribution is -2.33. The Labute approximate surface area is 118 Å². The molecule has 2 aromatic rings. The molecule has 3 N–H and O–H groups in total. The topological polar surface area (TPSA) is 81.8 Å². The number of fused-ring (bicyclic) bond motifs is 1. The van der Waals surface area contributed by atoms with E-state index in [4.69, 9.17) is 0 Å². The minimum absolute atomic E-state index is 0.588. The Kier molecular flexibility index (Phi) is 3.96. The van der Waals surface area contributed by atoms with E-state index in [1.54, 1.807) is 6.33 Å². The van der Waals surface area contributed by atoms with Crippen molar-refractivity contribution in [2.24, 2.45) is 0 Å². The number of aromatic amines is 1. The number of nitrogens with zero attached hydrogens (tertiary/aromatic N) is 4. The van der Waals surface area contributed by atoms with Crippen molar-refractivity contribution in [2.75, 3.05) is 43.9 Å². The molecule has 0 spiro atoms. The zero-order chi connectivity index (χ0) is 13.8. The molecule has 0 aromatic carbocycles. The van der Waals surface area contributed by atoms with Crippen molar-refractivity contribution in [3.63, 3.8) is 0 Å². The van der Waals surface area contributed by atoms with Crippen molar-refractivity contribution in [3.05, 3.63) is 6.33 Å². The van der Waals surface area contributed by atoms with Crippen molar-refractivity contribution < 1.29 is 0 Å². The lowest BCUT2D eigenvalue weighted by atomic mass is 10.1. The highest BCUT2D eigenvalue weighted by atomic mass is 15.2. The third-order valence-electron chi connectivity index (χ3n) is 3.68. The molecule has 108 valence electrons. The van der Waals surface area contributed by atoms with E-state index in [1.165, 1.54) is 32.4 Å². The Hall–Kier alpha value is -1.89. The number of H-pyrrole nitrogens is 1. The first-order chi connectivity index (χ1) is 9.86. The van der Waals surface area contributed by atoms with Gasteiger partial charge in [0.2, 0.25) is 5.95 Å². The average molecular weight is 275 g/mol. The third kappa shape index (κ3) is 2.82. The van der Waals surface area contributed by atoms with Crippen LogP contribution in [-0.4, -0.2) is 58.1 Å². The molecule has 0 saturated carbocycles. The van der Waals surface area contributed by atoms with Crippen LogP contribution in [0.25, 0.3) is 11.2 Å². The fourth-order valence-electron chi connectivity index (χ4n) is 2.59. The molecular weight excluding hydrogens is 254 g/mol. The van der Waals surface area contributed by atoms with Gasteiger partial charge in [0.15, 0.2) is 11.5 Å². The van der Waals surface area contributed by atoms with E-state index in [0.29, 0.717) is 11.6 Å². The monoisotopic (exact) mass is 275 g/mol. The predicted molar refractivity (Wildman–Crippen MR) is 80.0 cm³/mol. The highest BCUT2D eigenvalue weighted by molar-refractivity contribution is 5.83. The number of rotatable bonds is 5. The number of imidazole rings is 1. The molecule has 1 aliphatic rings. The minimum atomic E-state index is 0.588. The highest BCUT2D eigenvalue weighted by Gasteiger charge is 2.11. The smallest absolute Gasteiger partial charge is 0.226 e. The molecule has 1 fully saturated rings. The molecule has 0 unspecified atom stereocenters. The molecule has 3 rings (SSSR count). The van der Waals surface area contributed by atoms with Crippen LogP contribution in [0.2, 0.25) is 0 Å². The van der Waals surface area contributed by atoms with Gasteiger partial charge in [-0.25, -0.2) is 4.98 Å². The van der Waals surface area contributed by atoms with Crippen molar-refractivity contribution in [1.29, 1.82) is 0 Å². The Morgan fingerprint density at radius 3 is 2.90 bits per heavy atom. The van der Waals surface area contributed by atoms with E-state index in [9.17, 15) is 0 Å². The number of nitrogens with one attached hydrogen (secondary N) is 3. The summed E-state index contributed by atoms with van der Waals surface area (Å²) in [5.74, 6) is 1.40. The van der Waals surface area contributed by atoms with E-state index in [1.807, 2.05) is 7.05 Å². The van der Waals surface area contributed by atoms with E-state index < -0.39 is 0 Å². The first-order valence-electron chi connectivity index (χ1n) is 7.22. The van der Waals surface area contributed by atoms with Crippen LogP contribution in [0.5, 0.6) is 0 Å². The maximum Gasteiger partial charge on any atom is 0.226 e. The third-order valence-corrected chi connectivity index (χ3v) is 3.68. The SMILES string of the molecule is CNc1nc(NCCN2CCCCC2)c2[nH]cnc2n1. The van der Waals surface area contributed by atoms with Gasteiger partial charge >= 0.3 is 0 Å². The molecule has 0 aliphatic carbocycles. The van der Waals surface area contributed by atoms with Crippen molar-refractivity contribution in [2.45, 2.75) is 19.3 Å². The van der Waals surface area contributed by atoms with E-state index in [2.05, 4.69) is 35.5 Å². The summed E-state index contributed by atoms with van der Waals surface area (Å²) in [6.45, 7) is 4.36. The van der Waals surface area contributed by atoms with Crippen LogP contribution in [0, 0.1) is 0 Å². The Morgan fingerprint density at radius 2 is 2.10 bits per heavy atom. The molecule has 7 heteroatoms. The van der Waals surface area contributed by atoms with E-state index in [0.717, 1.165) is 24.4 Å². The summed E-state index contributed by atoms with van der Waals surface area (Å²) >= 11 is 0. The second kappa shape index (κ2) is 6.04. The maximum atomic E-state index is 4.45. The van der Waals surface area contributed by atoms with Gasteiger partial charge in [0.05, 0.1) is 6.33 Å². The summed E-state index contributed by atoms with van der Waals surface area (Å²) in [6.07, 6.45) is 5.66. The molecule has 7 nitrogen and oxygen atoms in total. The number of anilines is 2. The molecule has 0 atom stereocenters. The van der Waals surface area contributed by atoms with E-state index in [-0.39, 0.29) is 0 Å². The fourth-order valence-corrected chi connectivity index (χ4v) is 2.59. The number of hydrogen-bond acceptors (Lipinski definition) is 6. The fraction of sp³-hybridized carbons (Fsp3) is 0.615. The van der Waals surface area contributed by atoms with Gasteiger partial charge in [-0.2, -0.15) is 9.97 Å². The molecule has 0 bridgehead atoms. The molecule has 2 aromatic heterocycles. The van der Waals surface area contributed by atoms with Crippen LogP contribution in [0.3, 0.4) is 0 Å². The summed E-state index contributed by atoms with van der Waals surface area (Å²) in [7, 11) is 1.81. The Bertz CT molecular complexity index is 559. The van der Waals surface area contributed by atoms with Gasteiger partial charge in [-0.3, -0.25) is 0 Å². The van der Waals surface area contributed by atoms with Crippen LogP contribution < -0.4 is 10.6 Å². The van der Waals surface area contributed by atoms with Crippen LogP contribution >= 0.6 is 0 Å². The van der Waals surface area contributed by atoms with Gasteiger partial charge in [0, 0.05) is 20.1 Å². The number of likely N-dealkylation sites (tertiary alicyclic amines) is 1. The largest absolute Gasteiger partial charge is 0.367 e. The van der Waals surface area contributed by atoms with Crippen LogP contribution in [0.4, 0.5) is 11.8 Å². The minimum Gasteiger partial charge on any atom is -0.367 e. The van der Waals surface area contributed by atoms with Crippen LogP contribution in [0.15, 0.2) is 6.33 Å². The van der Waals surface area contributed by atoms with Crippen molar-refractivity contribution in [1.82, 2.24) is 24.8 Å². The average Bonchev–Trinajstić information content (AvgIpc) is 2.96. The van der Waals surface area contributed by atoms with Crippen LogP contribution in [-0.2, 0) is 0 Å². The van der Waals surface area contributed by atoms with Crippen molar-refractivity contribution >= 4 is 22.9 Å². The second-order valence-electron chi connectivity index (χ2n) is 5.08. The Morgan fingerprint density at radius 1 is 1.25 bits per heavy atom. The van der Waals surface area contributed by atoms with Gasteiger partial charge < -0.3 is 20.5 Å². The van der Waals surface area contributed by atoms with Crippen molar-refractivity contribution in [3.8, 4) is 0 Å². The van der Waals surface area contributed by atoms with Gasteiger partial charge in [0.1, 0.15) is 5.52 Å². The number of piperidine rings is 1. The van der Waals surface area contributed by atoms with E-state index >= 15 is 0 Å². The zero-order valence-corrected chi connectivity index (χ0v) is 11.8. The number of aromatic nitrogens is 4. The molecule has 0 amide bonds. The summed E-state index contributed by atoms with van der Waals surface area (Å²) in [6, 6.07) is 0. The molecule has 3 heterocycles. The summed E-state index contributed by atoms with van der Waals surface area (Å²) in [5, 5.41) is 6.35. The molecule has 1 aliphatic heterocycles. The summed E-state index contributed by atoms with van der Waals surface area (Å²) in [5.41, 5.74) is 1.55. The second-order valence-corrected chi connectivity index (χ2v) is 5.08. The lowest BCUT2D eigenvalue weighted by Gasteiger charge is -2.26. The first kappa shape index (κ1) is 13.1. The van der Waals surface area contributed by atoms with Gasteiger partial charge in [-0.15, -0.1) is 0 Å². The van der Waals surface area contributed by atoms with Crippen LogP contribution in [0.1, 0.15) is 19.3 Å². The summed E-state index contributed by atoms with van der Waals surface area (Å²) in [4.78, 5) is 18.5. The summed E-state index contributed by atoms with van der Waals surface area (Å²) < 4.78 is 0. The highest BCUT2D eigenvalue weighted by Crippen LogP contribution is 2.18. The normalized spacial score (nSPS) is 16.4. The zero-order valence-electron chi connectivity index (χ0n) is 11.8. The van der Waals surface area contributed by atoms with Gasteiger partial charge in [-0.05, 0) is 25.9 Å². The molecular formula is C13H21N7. The first-order valence-corrected chi connectivity index (χ1v) is 7.22. The quantitative estimate of drug-likeness (QED) is 0.763. The molecule has 0 radical (unpaired) electrons. The standard InChI is InChI=1S/C13H21N7/c1-14-13-18-11(10-12(19-13)17-9-16-10)15-5-8-20-6-3-2-4-7-20/h9H,2-8H2,1H3,(H3,14,15,16,17,18,19).